The maximum absolute atomic E-state index is 12.0. The Morgan fingerprint density at radius 2 is 2.11 bits per heavy atom. The van der Waals surface area contributed by atoms with E-state index >= 15 is 0 Å². The van der Waals surface area contributed by atoms with E-state index in [1.54, 1.807) is 12.3 Å². The molecule has 0 radical (unpaired) electrons. The van der Waals surface area contributed by atoms with Gasteiger partial charge in [-0.1, -0.05) is 27.7 Å². The third-order valence-electron chi connectivity index (χ3n) is 3.20. The first-order valence-electron chi connectivity index (χ1n) is 6.72. The predicted molar refractivity (Wildman–Crippen MR) is 77.5 cm³/mol. The number of hydrogen-bond acceptors (Lipinski definition) is 4. The summed E-state index contributed by atoms with van der Waals surface area (Å²) in [5, 5.41) is 14.2. The van der Waals surface area contributed by atoms with Crippen LogP contribution in [0.1, 0.15) is 34.1 Å². The second-order valence-corrected chi connectivity index (χ2v) is 6.04. The van der Waals surface area contributed by atoms with Crippen molar-refractivity contribution >= 4 is 5.69 Å². The molecular formula is C14H25N3O2. The highest BCUT2D eigenvalue weighted by Gasteiger charge is 2.23. The molecule has 0 spiro atoms. The summed E-state index contributed by atoms with van der Waals surface area (Å²) >= 11 is 0. The van der Waals surface area contributed by atoms with Crippen molar-refractivity contribution < 1.29 is 5.11 Å². The standard InChI is InChI=1S/C14H25N3O2/c1-6-7-16(5)11-8-13(19)17(15-9-11)10-12(18)14(2,3)4/h8-9,12,18H,6-7,10H2,1-5H3. The molecule has 0 aliphatic heterocycles. The summed E-state index contributed by atoms with van der Waals surface area (Å²) in [6.45, 7) is 9.00. The molecular weight excluding hydrogens is 242 g/mol. The number of nitrogens with zero attached hydrogens (tertiary/aromatic N) is 3. The van der Waals surface area contributed by atoms with Gasteiger partial charge in [0, 0.05) is 19.7 Å². The van der Waals surface area contributed by atoms with E-state index in [2.05, 4.69) is 12.0 Å². The number of aliphatic hydroxyl groups is 1. The van der Waals surface area contributed by atoms with Crippen LogP contribution in [0.4, 0.5) is 5.69 Å². The Hall–Kier alpha value is -1.36. The fourth-order valence-corrected chi connectivity index (χ4v) is 1.67. The molecule has 0 aliphatic carbocycles. The molecule has 1 unspecified atom stereocenters. The van der Waals surface area contributed by atoms with Crippen LogP contribution >= 0.6 is 0 Å². The summed E-state index contributed by atoms with van der Waals surface area (Å²) in [5.74, 6) is 0. The van der Waals surface area contributed by atoms with Crippen LogP contribution in [0.2, 0.25) is 0 Å². The van der Waals surface area contributed by atoms with Gasteiger partial charge in [-0.2, -0.15) is 5.10 Å². The van der Waals surface area contributed by atoms with E-state index in [1.807, 2.05) is 32.7 Å². The Balaban J connectivity index is 2.87. The van der Waals surface area contributed by atoms with E-state index in [0.717, 1.165) is 18.7 Å². The van der Waals surface area contributed by atoms with E-state index < -0.39 is 6.10 Å². The maximum atomic E-state index is 12.0. The summed E-state index contributed by atoms with van der Waals surface area (Å²) in [5.41, 5.74) is 0.371. The van der Waals surface area contributed by atoms with Gasteiger partial charge < -0.3 is 10.0 Å². The Morgan fingerprint density at radius 3 is 2.58 bits per heavy atom. The van der Waals surface area contributed by atoms with Gasteiger partial charge in [0.1, 0.15) is 0 Å². The third kappa shape index (κ3) is 4.35. The maximum Gasteiger partial charge on any atom is 0.268 e. The zero-order valence-electron chi connectivity index (χ0n) is 12.6. The highest BCUT2D eigenvalue weighted by molar-refractivity contribution is 5.41. The van der Waals surface area contributed by atoms with E-state index in [0.29, 0.717) is 0 Å². The molecule has 0 saturated carbocycles. The Labute approximate surface area is 114 Å². The number of anilines is 1. The second-order valence-electron chi connectivity index (χ2n) is 6.04. The summed E-state index contributed by atoms with van der Waals surface area (Å²) in [6.07, 6.45) is 2.09. The van der Waals surface area contributed by atoms with E-state index in [4.69, 9.17) is 0 Å². The van der Waals surface area contributed by atoms with Gasteiger partial charge in [0.25, 0.3) is 5.56 Å². The topological polar surface area (TPSA) is 58.4 Å². The van der Waals surface area contributed by atoms with Crippen LogP contribution in [0.25, 0.3) is 0 Å². The molecule has 0 amide bonds. The molecule has 0 aromatic carbocycles. The first-order valence-corrected chi connectivity index (χ1v) is 6.72. The molecule has 1 aromatic rings. The predicted octanol–water partition coefficient (Wildman–Crippen LogP) is 1.50. The van der Waals surface area contributed by atoms with Crippen LogP contribution in [0.3, 0.4) is 0 Å². The summed E-state index contributed by atoms with van der Waals surface area (Å²) in [4.78, 5) is 14.0. The summed E-state index contributed by atoms with van der Waals surface area (Å²) in [6, 6.07) is 1.57. The minimum Gasteiger partial charge on any atom is -0.391 e. The van der Waals surface area contributed by atoms with Gasteiger partial charge in [0.2, 0.25) is 0 Å². The number of aromatic nitrogens is 2. The molecule has 5 nitrogen and oxygen atoms in total. The number of rotatable bonds is 5. The highest BCUT2D eigenvalue weighted by atomic mass is 16.3. The van der Waals surface area contributed by atoms with Gasteiger partial charge in [0.15, 0.2) is 0 Å². The largest absolute Gasteiger partial charge is 0.391 e. The van der Waals surface area contributed by atoms with Crippen molar-refractivity contribution in [1.82, 2.24) is 9.78 Å². The van der Waals surface area contributed by atoms with E-state index in [-0.39, 0.29) is 17.5 Å². The average Bonchev–Trinajstić information content (AvgIpc) is 2.30. The van der Waals surface area contributed by atoms with Crippen LogP contribution in [0.5, 0.6) is 0 Å². The van der Waals surface area contributed by atoms with E-state index in [9.17, 15) is 9.90 Å². The molecule has 0 fully saturated rings. The van der Waals surface area contributed by atoms with Crippen molar-refractivity contribution in [1.29, 1.82) is 0 Å². The number of hydrogen-bond donors (Lipinski definition) is 1. The van der Waals surface area contributed by atoms with Crippen LogP contribution in [0.15, 0.2) is 17.1 Å². The van der Waals surface area contributed by atoms with Gasteiger partial charge in [-0.25, -0.2) is 4.68 Å². The van der Waals surface area contributed by atoms with Crippen LogP contribution in [0, 0.1) is 5.41 Å². The second kappa shape index (κ2) is 6.19. The molecule has 0 bridgehead atoms. The summed E-state index contributed by atoms with van der Waals surface area (Å²) in [7, 11) is 1.94. The lowest BCUT2D eigenvalue weighted by molar-refractivity contribution is 0.0438. The molecule has 1 N–H and O–H groups in total. The number of aliphatic hydroxyl groups excluding tert-OH is 1. The molecule has 19 heavy (non-hydrogen) atoms. The SMILES string of the molecule is CCCN(C)c1cnn(CC(O)C(C)(C)C)c(=O)c1. The van der Waals surface area contributed by atoms with Gasteiger partial charge in [0.05, 0.1) is 24.5 Å². The fraction of sp³-hybridized carbons (Fsp3) is 0.714. The molecule has 1 aromatic heterocycles. The Morgan fingerprint density at radius 1 is 1.47 bits per heavy atom. The Bertz CT molecular complexity index is 462. The lowest BCUT2D eigenvalue weighted by atomic mass is 9.89. The normalized spacial score (nSPS) is 13.4. The molecule has 0 aliphatic rings. The lowest BCUT2D eigenvalue weighted by Crippen LogP contribution is -2.36. The van der Waals surface area contributed by atoms with Crippen molar-refractivity contribution in [3.05, 3.63) is 22.6 Å². The van der Waals surface area contributed by atoms with Crippen LogP contribution in [-0.2, 0) is 6.54 Å². The zero-order valence-corrected chi connectivity index (χ0v) is 12.6. The first-order chi connectivity index (χ1) is 8.75. The van der Waals surface area contributed by atoms with Gasteiger partial charge >= 0.3 is 0 Å². The fourth-order valence-electron chi connectivity index (χ4n) is 1.67. The zero-order chi connectivity index (χ0) is 14.6. The average molecular weight is 267 g/mol. The molecule has 1 rings (SSSR count). The van der Waals surface area contributed by atoms with Crippen molar-refractivity contribution in [3.63, 3.8) is 0 Å². The Kier molecular flexibility index (Phi) is 5.11. The quantitative estimate of drug-likeness (QED) is 0.878. The van der Waals surface area contributed by atoms with Crippen molar-refractivity contribution in [2.24, 2.45) is 5.41 Å². The molecule has 5 heteroatoms. The summed E-state index contributed by atoms with van der Waals surface area (Å²) < 4.78 is 1.32. The highest BCUT2D eigenvalue weighted by Crippen LogP contribution is 2.19. The molecule has 108 valence electrons. The first kappa shape index (κ1) is 15.7. The van der Waals surface area contributed by atoms with Crippen LogP contribution in [-0.4, -0.2) is 34.6 Å². The molecule has 0 saturated heterocycles. The minimum atomic E-state index is -0.600. The minimum absolute atomic E-state index is 0.177. The lowest BCUT2D eigenvalue weighted by Gasteiger charge is -2.26. The smallest absolute Gasteiger partial charge is 0.268 e. The van der Waals surface area contributed by atoms with Crippen molar-refractivity contribution in [2.45, 2.75) is 46.8 Å². The monoisotopic (exact) mass is 267 g/mol. The van der Waals surface area contributed by atoms with Crippen molar-refractivity contribution in [3.8, 4) is 0 Å². The third-order valence-corrected chi connectivity index (χ3v) is 3.20. The van der Waals surface area contributed by atoms with E-state index in [1.165, 1.54) is 4.68 Å². The van der Waals surface area contributed by atoms with Gasteiger partial charge in [-0.3, -0.25) is 4.79 Å². The molecule has 1 atom stereocenters. The van der Waals surface area contributed by atoms with Crippen molar-refractivity contribution in [2.75, 3.05) is 18.5 Å². The van der Waals surface area contributed by atoms with Gasteiger partial charge in [-0.05, 0) is 11.8 Å². The van der Waals surface area contributed by atoms with Crippen LogP contribution < -0.4 is 10.5 Å². The van der Waals surface area contributed by atoms with Gasteiger partial charge in [-0.15, -0.1) is 0 Å². The molecule has 1 heterocycles.